The second kappa shape index (κ2) is 3.32. The third-order valence-electron chi connectivity index (χ3n) is 0.429. The van der Waals surface area contributed by atoms with Crippen molar-refractivity contribution in [1.29, 1.82) is 5.41 Å². The lowest BCUT2D eigenvalue weighted by Gasteiger charge is -2.04. The first-order chi connectivity index (χ1) is 3.35. The molecule has 40 valence electrons. The molecule has 0 amide bonds. The lowest BCUT2D eigenvalue weighted by molar-refractivity contribution is -0.0596. The summed E-state index contributed by atoms with van der Waals surface area (Å²) in [6.07, 6.45) is 2.17. The Bertz CT molecular complexity index is 64.6. The molecule has 0 radical (unpaired) electrons. The van der Waals surface area contributed by atoms with Crippen molar-refractivity contribution in [3.63, 3.8) is 0 Å². The minimum atomic E-state index is 0.896. The summed E-state index contributed by atoms with van der Waals surface area (Å²) >= 11 is 0. The predicted octanol–water partition coefficient (Wildman–Crippen LogP) is -0.156. The third kappa shape index (κ3) is 1.91. The fourth-order valence-corrected chi connectivity index (χ4v) is 0.126. The van der Waals surface area contributed by atoms with Crippen molar-refractivity contribution in [2.45, 2.75) is 0 Å². The molecule has 0 spiro atoms. The van der Waals surface area contributed by atoms with E-state index < -0.39 is 0 Å². The summed E-state index contributed by atoms with van der Waals surface area (Å²) in [6, 6.07) is 0. The predicted molar refractivity (Wildman–Crippen MR) is 26.1 cm³/mol. The monoisotopic (exact) mass is 101 g/mol. The SMILES string of the molecule is C=CN(C=N)ON. The highest BCUT2D eigenvalue weighted by atomic mass is 16.8. The minimum Gasteiger partial charge on any atom is -0.289 e. The van der Waals surface area contributed by atoms with Gasteiger partial charge in [0.05, 0.1) is 0 Å². The second-order valence-corrected chi connectivity index (χ2v) is 0.777. The molecule has 3 N–H and O–H groups in total. The lowest BCUT2D eigenvalue weighted by Crippen LogP contribution is -2.18. The molecule has 0 bridgehead atoms. The van der Waals surface area contributed by atoms with Gasteiger partial charge in [-0.05, 0) is 0 Å². The number of hydrogen-bond acceptors (Lipinski definition) is 3. The fraction of sp³-hybridized carbons (Fsp3) is 0. The Morgan fingerprint density at radius 1 is 1.86 bits per heavy atom. The molecule has 0 saturated carbocycles. The highest BCUT2D eigenvalue weighted by Crippen LogP contribution is 1.74. The minimum absolute atomic E-state index is 0.896. The Hall–Kier alpha value is -0.870. The smallest absolute Gasteiger partial charge is 0.114 e. The Morgan fingerprint density at radius 2 is 2.43 bits per heavy atom. The molecular weight excluding hydrogens is 94.1 g/mol. The zero-order chi connectivity index (χ0) is 5.70. The van der Waals surface area contributed by atoms with E-state index in [1.54, 1.807) is 0 Å². The Labute approximate surface area is 41.6 Å². The topological polar surface area (TPSA) is 62.3 Å². The van der Waals surface area contributed by atoms with Gasteiger partial charge in [0.15, 0.2) is 0 Å². The van der Waals surface area contributed by atoms with Crippen LogP contribution >= 0.6 is 0 Å². The van der Waals surface area contributed by atoms with Gasteiger partial charge in [0.2, 0.25) is 0 Å². The summed E-state index contributed by atoms with van der Waals surface area (Å²) in [5.74, 6) is 4.60. The van der Waals surface area contributed by atoms with Crippen LogP contribution in [-0.4, -0.2) is 11.4 Å². The van der Waals surface area contributed by atoms with E-state index in [0.29, 0.717) is 0 Å². The van der Waals surface area contributed by atoms with Gasteiger partial charge in [0.25, 0.3) is 0 Å². The van der Waals surface area contributed by atoms with Crippen molar-refractivity contribution >= 4 is 6.34 Å². The molecule has 7 heavy (non-hydrogen) atoms. The van der Waals surface area contributed by atoms with Crippen LogP contribution in [0.5, 0.6) is 0 Å². The molecule has 0 unspecified atom stereocenters. The van der Waals surface area contributed by atoms with Crippen molar-refractivity contribution in [3.8, 4) is 0 Å². The Morgan fingerprint density at radius 3 is 2.43 bits per heavy atom. The van der Waals surface area contributed by atoms with Crippen LogP contribution in [0.4, 0.5) is 0 Å². The van der Waals surface area contributed by atoms with E-state index in [1.807, 2.05) is 0 Å². The van der Waals surface area contributed by atoms with E-state index in [-0.39, 0.29) is 0 Å². The first-order valence-corrected chi connectivity index (χ1v) is 1.63. The van der Waals surface area contributed by atoms with Crippen LogP contribution in [-0.2, 0) is 4.94 Å². The van der Waals surface area contributed by atoms with Gasteiger partial charge in [-0.2, -0.15) is 10.8 Å². The quantitative estimate of drug-likeness (QED) is 0.295. The van der Waals surface area contributed by atoms with E-state index in [0.717, 1.165) is 11.4 Å². The Kier molecular flexibility index (Phi) is 2.91. The van der Waals surface area contributed by atoms with Crippen LogP contribution in [0, 0.1) is 5.41 Å². The third-order valence-corrected chi connectivity index (χ3v) is 0.429. The van der Waals surface area contributed by atoms with Gasteiger partial charge in [-0.25, -0.2) is 5.06 Å². The van der Waals surface area contributed by atoms with E-state index in [1.165, 1.54) is 6.20 Å². The Balaban J connectivity index is 3.36. The van der Waals surface area contributed by atoms with Gasteiger partial charge in [0, 0.05) is 6.20 Å². The number of hydrogen-bond donors (Lipinski definition) is 2. The fourth-order valence-electron chi connectivity index (χ4n) is 0.126. The molecule has 0 aromatic heterocycles. The first-order valence-electron chi connectivity index (χ1n) is 1.63. The second-order valence-electron chi connectivity index (χ2n) is 0.777. The average Bonchev–Trinajstić information content (AvgIpc) is 1.72. The number of hydroxylamine groups is 2. The molecule has 4 heteroatoms. The van der Waals surface area contributed by atoms with Gasteiger partial charge >= 0.3 is 0 Å². The van der Waals surface area contributed by atoms with Gasteiger partial charge in [-0.1, -0.05) is 6.58 Å². The molecule has 4 nitrogen and oxygen atoms in total. The highest BCUT2D eigenvalue weighted by molar-refractivity contribution is 5.49. The van der Waals surface area contributed by atoms with E-state index in [4.69, 9.17) is 5.41 Å². The molecule has 0 saturated heterocycles. The molecular formula is C3H7N3O. The van der Waals surface area contributed by atoms with Crippen molar-refractivity contribution < 1.29 is 4.94 Å². The first kappa shape index (κ1) is 6.13. The molecule has 0 heterocycles. The molecule has 0 atom stereocenters. The molecule has 0 aliphatic carbocycles. The van der Waals surface area contributed by atoms with Crippen molar-refractivity contribution in [2.75, 3.05) is 0 Å². The van der Waals surface area contributed by atoms with E-state index in [9.17, 15) is 0 Å². The van der Waals surface area contributed by atoms with Crippen molar-refractivity contribution in [1.82, 2.24) is 5.06 Å². The van der Waals surface area contributed by atoms with E-state index >= 15 is 0 Å². The zero-order valence-electron chi connectivity index (χ0n) is 3.79. The van der Waals surface area contributed by atoms with Crippen LogP contribution in [0.1, 0.15) is 0 Å². The number of nitrogens with zero attached hydrogens (tertiary/aromatic N) is 1. The summed E-state index contributed by atoms with van der Waals surface area (Å²) in [6.45, 7) is 3.27. The maximum atomic E-state index is 6.48. The summed E-state index contributed by atoms with van der Waals surface area (Å²) < 4.78 is 0. The summed E-state index contributed by atoms with van der Waals surface area (Å²) in [7, 11) is 0. The van der Waals surface area contributed by atoms with E-state index in [2.05, 4.69) is 17.4 Å². The van der Waals surface area contributed by atoms with Crippen LogP contribution in [0.3, 0.4) is 0 Å². The van der Waals surface area contributed by atoms with Crippen LogP contribution < -0.4 is 5.90 Å². The molecule has 0 aliphatic rings. The number of nitrogens with one attached hydrogen (secondary N) is 1. The highest BCUT2D eigenvalue weighted by Gasteiger charge is 1.81. The van der Waals surface area contributed by atoms with Gasteiger partial charge in [-0.15, -0.1) is 0 Å². The lowest BCUT2D eigenvalue weighted by atomic mass is 11.0. The molecule has 0 aromatic rings. The summed E-state index contributed by atoms with van der Waals surface area (Å²) in [4.78, 5) is 4.02. The van der Waals surface area contributed by atoms with Crippen LogP contribution in [0.2, 0.25) is 0 Å². The van der Waals surface area contributed by atoms with Crippen molar-refractivity contribution in [2.24, 2.45) is 5.90 Å². The molecule has 0 aromatic carbocycles. The van der Waals surface area contributed by atoms with Gasteiger partial charge in [-0.3, -0.25) is 5.41 Å². The normalized spacial score (nSPS) is 7.57. The van der Waals surface area contributed by atoms with Gasteiger partial charge in [0.1, 0.15) is 6.34 Å². The maximum Gasteiger partial charge on any atom is 0.114 e. The molecule has 0 aliphatic heterocycles. The average molecular weight is 101 g/mol. The maximum absolute atomic E-state index is 6.48. The molecule has 0 rings (SSSR count). The van der Waals surface area contributed by atoms with Gasteiger partial charge < -0.3 is 0 Å². The van der Waals surface area contributed by atoms with Crippen LogP contribution in [0.25, 0.3) is 0 Å². The van der Waals surface area contributed by atoms with Crippen molar-refractivity contribution in [3.05, 3.63) is 12.8 Å². The summed E-state index contributed by atoms with van der Waals surface area (Å²) in [5.41, 5.74) is 0. The number of rotatable bonds is 3. The largest absolute Gasteiger partial charge is 0.289 e. The summed E-state index contributed by atoms with van der Waals surface area (Å²) in [5, 5.41) is 7.44. The standard InChI is InChI=1S/C3H7N3O/c1-2-6(3-4)7-5/h2-4H,1,5H2. The zero-order valence-corrected chi connectivity index (χ0v) is 3.79. The number of nitrogens with two attached hydrogens (primary N) is 1. The van der Waals surface area contributed by atoms with Crippen LogP contribution in [0.15, 0.2) is 12.8 Å². The molecule has 0 fully saturated rings.